The quantitative estimate of drug-likeness (QED) is 0.230. The average Bonchev–Trinajstić information content (AvgIpc) is 3.46. The zero-order valence-corrected chi connectivity index (χ0v) is 21.1. The molecule has 10 heteroatoms. The van der Waals surface area contributed by atoms with Crippen molar-refractivity contribution in [2.45, 2.75) is 20.0 Å². The number of aliphatic imine (C=N–C) groups is 1. The van der Waals surface area contributed by atoms with Crippen LogP contribution < -0.4 is 24.8 Å². The molecule has 1 aromatic carbocycles. The van der Waals surface area contributed by atoms with E-state index in [9.17, 15) is 0 Å². The first-order valence-corrected chi connectivity index (χ1v) is 10.4. The van der Waals surface area contributed by atoms with E-state index in [1.54, 1.807) is 38.9 Å². The minimum Gasteiger partial charge on any atom is -0.493 e. The van der Waals surface area contributed by atoms with Crippen LogP contribution in [0.3, 0.4) is 0 Å². The van der Waals surface area contributed by atoms with E-state index < -0.39 is 0 Å². The van der Waals surface area contributed by atoms with Gasteiger partial charge in [-0.1, -0.05) is 6.07 Å². The predicted octanol–water partition coefficient (Wildman–Crippen LogP) is 4.30. The number of nitrogens with zero attached hydrogens (tertiary/aromatic N) is 2. The van der Waals surface area contributed by atoms with Crippen molar-refractivity contribution in [1.29, 1.82) is 0 Å². The van der Waals surface area contributed by atoms with Crippen molar-refractivity contribution in [2.75, 3.05) is 27.9 Å². The minimum atomic E-state index is 0. The van der Waals surface area contributed by atoms with Gasteiger partial charge in [0.1, 0.15) is 6.26 Å². The molecule has 0 saturated carbocycles. The van der Waals surface area contributed by atoms with Gasteiger partial charge in [0.25, 0.3) is 0 Å². The highest BCUT2D eigenvalue weighted by atomic mass is 127. The number of aromatic nitrogens is 1. The van der Waals surface area contributed by atoms with Crippen molar-refractivity contribution in [1.82, 2.24) is 15.6 Å². The Kier molecular flexibility index (Phi) is 9.92. The minimum absolute atomic E-state index is 0. The number of thiophene rings is 1. The summed E-state index contributed by atoms with van der Waals surface area (Å²) in [7, 11) is 4.77. The van der Waals surface area contributed by atoms with E-state index in [1.165, 1.54) is 0 Å². The molecule has 0 atom stereocenters. The van der Waals surface area contributed by atoms with Gasteiger partial charge in [-0.15, -0.1) is 35.3 Å². The molecule has 3 rings (SSSR count). The molecule has 2 heterocycles. The van der Waals surface area contributed by atoms with E-state index in [2.05, 4.69) is 20.6 Å². The summed E-state index contributed by atoms with van der Waals surface area (Å²) in [5, 5.41) is 8.51. The van der Waals surface area contributed by atoms with Crippen molar-refractivity contribution in [3.05, 3.63) is 47.2 Å². The van der Waals surface area contributed by atoms with Gasteiger partial charge < -0.3 is 29.3 Å². The molecule has 2 aromatic heterocycles. The van der Waals surface area contributed by atoms with Crippen LogP contribution >= 0.6 is 35.3 Å². The molecular formula is C21H27IN4O4S. The van der Waals surface area contributed by atoms with Gasteiger partial charge in [-0.05, 0) is 36.1 Å². The molecule has 2 N–H and O–H groups in total. The zero-order chi connectivity index (χ0) is 21.3. The van der Waals surface area contributed by atoms with Crippen LogP contribution in [0.1, 0.15) is 18.2 Å². The Bertz CT molecular complexity index is 951. The Labute approximate surface area is 203 Å². The van der Waals surface area contributed by atoms with Crippen molar-refractivity contribution in [2.24, 2.45) is 4.99 Å². The van der Waals surface area contributed by atoms with Gasteiger partial charge in [0, 0.05) is 6.54 Å². The molecule has 0 amide bonds. The number of guanidine groups is 1. The molecule has 0 unspecified atom stereocenters. The van der Waals surface area contributed by atoms with Gasteiger partial charge in [0.15, 0.2) is 17.5 Å². The van der Waals surface area contributed by atoms with Crippen molar-refractivity contribution >= 4 is 41.3 Å². The highest BCUT2D eigenvalue weighted by Gasteiger charge is 2.13. The highest BCUT2D eigenvalue weighted by Crippen LogP contribution is 2.38. The maximum atomic E-state index is 5.56. The Morgan fingerprint density at radius 3 is 2.45 bits per heavy atom. The second-order valence-electron chi connectivity index (χ2n) is 6.20. The lowest BCUT2D eigenvalue weighted by Crippen LogP contribution is -2.36. The van der Waals surface area contributed by atoms with E-state index in [4.69, 9.17) is 18.6 Å². The van der Waals surface area contributed by atoms with E-state index in [1.807, 2.05) is 36.6 Å². The third-order valence-electron chi connectivity index (χ3n) is 4.21. The van der Waals surface area contributed by atoms with Gasteiger partial charge in [-0.3, -0.25) is 0 Å². The molecule has 3 aromatic rings. The molecule has 0 aliphatic rings. The Balaban J connectivity index is 0.00000341. The maximum Gasteiger partial charge on any atom is 0.236 e. The molecule has 0 spiro atoms. The second kappa shape index (κ2) is 12.4. The number of ether oxygens (including phenoxy) is 3. The molecule has 0 bridgehead atoms. The summed E-state index contributed by atoms with van der Waals surface area (Å²) in [4.78, 5) is 10.2. The van der Waals surface area contributed by atoms with Crippen LogP contribution in [0.2, 0.25) is 0 Å². The average molecular weight is 558 g/mol. The lowest BCUT2D eigenvalue weighted by Gasteiger charge is -2.14. The molecule has 31 heavy (non-hydrogen) atoms. The lowest BCUT2D eigenvalue weighted by atomic mass is 10.2. The van der Waals surface area contributed by atoms with Gasteiger partial charge in [0.05, 0.1) is 45.0 Å². The van der Waals surface area contributed by atoms with Gasteiger partial charge in [-0.25, -0.2) is 9.98 Å². The number of oxazole rings is 1. The predicted molar refractivity (Wildman–Crippen MR) is 133 cm³/mol. The van der Waals surface area contributed by atoms with Crippen LogP contribution in [0.15, 0.2) is 45.3 Å². The van der Waals surface area contributed by atoms with Crippen molar-refractivity contribution < 1.29 is 18.6 Å². The molecule has 0 fully saturated rings. The Morgan fingerprint density at radius 1 is 1.13 bits per heavy atom. The van der Waals surface area contributed by atoms with Gasteiger partial charge in [0.2, 0.25) is 11.6 Å². The standard InChI is InChI=1S/C21H26N4O4S.HI/c1-5-22-21(24-12-15-13-29-20(25-15)18-7-6-8-30-18)23-11-14-9-16(26-2)19(28-4)17(10-14)27-3;/h6-10,13H,5,11-12H2,1-4H3,(H2,22,23,24);1H. The number of methoxy groups -OCH3 is 3. The first-order chi connectivity index (χ1) is 14.7. The van der Waals surface area contributed by atoms with E-state index in [-0.39, 0.29) is 24.0 Å². The third-order valence-corrected chi connectivity index (χ3v) is 5.07. The van der Waals surface area contributed by atoms with Crippen LogP contribution in [0.5, 0.6) is 17.2 Å². The molecule has 168 valence electrons. The largest absolute Gasteiger partial charge is 0.493 e. The fourth-order valence-electron chi connectivity index (χ4n) is 2.81. The molecule has 0 aliphatic heterocycles. The number of halogens is 1. The summed E-state index contributed by atoms with van der Waals surface area (Å²) in [6, 6.07) is 7.73. The molecule has 0 saturated heterocycles. The fourth-order valence-corrected chi connectivity index (χ4v) is 3.47. The van der Waals surface area contributed by atoms with E-state index in [0.29, 0.717) is 42.2 Å². The summed E-state index contributed by atoms with van der Waals surface area (Å²) in [6.45, 7) is 3.68. The van der Waals surface area contributed by atoms with Crippen LogP contribution in [0.4, 0.5) is 0 Å². The summed E-state index contributed by atoms with van der Waals surface area (Å²) in [5.41, 5.74) is 1.74. The lowest BCUT2D eigenvalue weighted by molar-refractivity contribution is 0.324. The molecule has 8 nitrogen and oxygen atoms in total. The van der Waals surface area contributed by atoms with E-state index in [0.717, 1.165) is 22.7 Å². The topological polar surface area (TPSA) is 90.1 Å². The summed E-state index contributed by atoms with van der Waals surface area (Å²) in [6.07, 6.45) is 1.66. The monoisotopic (exact) mass is 558 g/mol. The zero-order valence-electron chi connectivity index (χ0n) is 17.9. The van der Waals surface area contributed by atoms with E-state index >= 15 is 0 Å². The van der Waals surface area contributed by atoms with Gasteiger partial charge in [-0.2, -0.15) is 0 Å². The second-order valence-corrected chi connectivity index (χ2v) is 7.15. The third kappa shape index (κ3) is 6.50. The first-order valence-electron chi connectivity index (χ1n) is 9.47. The number of hydrogen-bond donors (Lipinski definition) is 2. The Hall–Kier alpha value is -2.47. The fraction of sp³-hybridized carbons (Fsp3) is 0.333. The van der Waals surface area contributed by atoms with Crippen LogP contribution in [-0.4, -0.2) is 38.8 Å². The molecule has 0 radical (unpaired) electrons. The first kappa shape index (κ1) is 24.8. The number of rotatable bonds is 9. The van der Waals surface area contributed by atoms with Crippen LogP contribution in [0, 0.1) is 0 Å². The van der Waals surface area contributed by atoms with Crippen molar-refractivity contribution in [3.63, 3.8) is 0 Å². The molecule has 0 aliphatic carbocycles. The summed E-state index contributed by atoms with van der Waals surface area (Å²) < 4.78 is 21.7. The number of hydrogen-bond acceptors (Lipinski definition) is 7. The smallest absolute Gasteiger partial charge is 0.236 e. The number of nitrogens with one attached hydrogen (secondary N) is 2. The summed E-state index contributed by atoms with van der Waals surface area (Å²) >= 11 is 1.59. The van der Waals surface area contributed by atoms with Crippen LogP contribution in [-0.2, 0) is 13.1 Å². The molecular weight excluding hydrogens is 531 g/mol. The Morgan fingerprint density at radius 2 is 1.87 bits per heavy atom. The number of benzene rings is 1. The summed E-state index contributed by atoms with van der Waals surface area (Å²) in [5.74, 6) is 3.06. The SMILES string of the molecule is CCNC(=NCc1cc(OC)c(OC)c(OC)c1)NCc1coc(-c2cccs2)n1.I. The normalized spacial score (nSPS) is 10.9. The van der Waals surface area contributed by atoms with Crippen molar-refractivity contribution in [3.8, 4) is 28.0 Å². The highest BCUT2D eigenvalue weighted by molar-refractivity contribution is 14.0. The maximum absolute atomic E-state index is 5.56. The van der Waals surface area contributed by atoms with Gasteiger partial charge >= 0.3 is 0 Å². The van der Waals surface area contributed by atoms with Crippen LogP contribution in [0.25, 0.3) is 10.8 Å².